The lowest BCUT2D eigenvalue weighted by Crippen LogP contribution is -2.11. The lowest BCUT2D eigenvalue weighted by atomic mass is 10.3. The molecule has 0 amide bonds. The van der Waals surface area contributed by atoms with Crippen LogP contribution in [-0.2, 0) is 11.3 Å². The average molecular weight is 213 g/mol. The van der Waals surface area contributed by atoms with Gasteiger partial charge in [-0.05, 0) is 11.6 Å². The van der Waals surface area contributed by atoms with E-state index in [9.17, 15) is 9.18 Å². The molecule has 0 fully saturated rings. The molecule has 0 bridgehead atoms. The minimum Gasteiger partial charge on any atom is -0.464 e. The zero-order valence-electron chi connectivity index (χ0n) is 8.31. The van der Waals surface area contributed by atoms with E-state index in [1.807, 2.05) is 0 Å². The summed E-state index contributed by atoms with van der Waals surface area (Å²) >= 11 is 0. The maximum Gasteiger partial charge on any atom is 0.358 e. The zero-order chi connectivity index (χ0) is 11.3. The fraction of sp³-hybridized carbons (Fsp3) is 0.333. The average Bonchev–Trinajstić information content (AvgIpc) is 2.73. The van der Waals surface area contributed by atoms with Gasteiger partial charge in [0.2, 0.25) is 0 Å². The van der Waals surface area contributed by atoms with E-state index in [-0.39, 0.29) is 18.8 Å². The van der Waals surface area contributed by atoms with E-state index in [2.05, 4.69) is 9.84 Å². The van der Waals surface area contributed by atoms with Gasteiger partial charge in [-0.1, -0.05) is 0 Å². The van der Waals surface area contributed by atoms with Crippen LogP contribution >= 0.6 is 0 Å². The van der Waals surface area contributed by atoms with Gasteiger partial charge in [-0.25, -0.2) is 9.18 Å². The van der Waals surface area contributed by atoms with Crippen LogP contribution in [0.2, 0.25) is 0 Å². The standard InChI is InChI=1S/C9H12FN3O2/c1-15-9(14)8-2-3-13(12-8)6-7(4-10)5-11/h2-4H,5-6,11H2,1H3/b7-4+. The summed E-state index contributed by atoms with van der Waals surface area (Å²) in [4.78, 5) is 11.0. The molecule has 0 atom stereocenters. The van der Waals surface area contributed by atoms with Gasteiger partial charge in [-0.3, -0.25) is 4.68 Å². The van der Waals surface area contributed by atoms with Gasteiger partial charge in [-0.2, -0.15) is 5.10 Å². The predicted octanol–water partition coefficient (Wildman–Crippen LogP) is 0.482. The van der Waals surface area contributed by atoms with Crippen molar-refractivity contribution in [2.24, 2.45) is 5.73 Å². The smallest absolute Gasteiger partial charge is 0.358 e. The van der Waals surface area contributed by atoms with E-state index in [0.29, 0.717) is 11.9 Å². The Kier molecular flexibility index (Phi) is 3.99. The topological polar surface area (TPSA) is 70.1 Å². The molecule has 1 heterocycles. The van der Waals surface area contributed by atoms with Crippen LogP contribution in [0.3, 0.4) is 0 Å². The van der Waals surface area contributed by atoms with Crippen molar-refractivity contribution >= 4 is 5.97 Å². The fourth-order valence-corrected chi connectivity index (χ4v) is 1.01. The molecule has 6 heteroatoms. The number of esters is 1. The Labute approximate surface area is 86.3 Å². The van der Waals surface area contributed by atoms with Crippen LogP contribution < -0.4 is 5.73 Å². The van der Waals surface area contributed by atoms with Gasteiger partial charge in [0.25, 0.3) is 0 Å². The first-order chi connectivity index (χ1) is 7.21. The lowest BCUT2D eigenvalue weighted by Gasteiger charge is -2.02. The Bertz CT molecular complexity index is 373. The summed E-state index contributed by atoms with van der Waals surface area (Å²) in [5, 5.41) is 3.90. The summed E-state index contributed by atoms with van der Waals surface area (Å²) in [6.45, 7) is 0.341. The van der Waals surface area contributed by atoms with Gasteiger partial charge >= 0.3 is 5.97 Å². The highest BCUT2D eigenvalue weighted by Gasteiger charge is 2.09. The number of hydrogen-bond acceptors (Lipinski definition) is 4. The van der Waals surface area contributed by atoms with Crippen molar-refractivity contribution in [1.29, 1.82) is 0 Å². The maximum absolute atomic E-state index is 12.2. The molecule has 2 N–H and O–H groups in total. The number of hydrogen-bond donors (Lipinski definition) is 1. The first-order valence-electron chi connectivity index (χ1n) is 4.31. The summed E-state index contributed by atoms with van der Waals surface area (Å²) < 4.78 is 18.1. The Morgan fingerprint density at radius 3 is 3.07 bits per heavy atom. The molecule has 0 aliphatic rings. The molecule has 82 valence electrons. The van der Waals surface area contributed by atoms with Gasteiger partial charge < -0.3 is 10.5 Å². The Balaban J connectivity index is 2.72. The number of nitrogens with two attached hydrogens (primary N) is 1. The molecule has 0 saturated heterocycles. The second-order valence-electron chi connectivity index (χ2n) is 2.86. The van der Waals surface area contributed by atoms with E-state index < -0.39 is 5.97 Å². The molecule has 0 aliphatic carbocycles. The minimum absolute atomic E-state index is 0.115. The van der Waals surface area contributed by atoms with Crippen molar-refractivity contribution in [3.63, 3.8) is 0 Å². The number of carbonyl (C=O) groups is 1. The van der Waals surface area contributed by atoms with Crippen LogP contribution in [-0.4, -0.2) is 29.4 Å². The largest absolute Gasteiger partial charge is 0.464 e. The third kappa shape index (κ3) is 2.88. The first kappa shape index (κ1) is 11.4. The highest BCUT2D eigenvalue weighted by Crippen LogP contribution is 2.02. The third-order valence-electron chi connectivity index (χ3n) is 1.82. The van der Waals surface area contributed by atoms with Crippen molar-refractivity contribution in [3.8, 4) is 0 Å². The highest BCUT2D eigenvalue weighted by atomic mass is 19.1. The Morgan fingerprint density at radius 2 is 2.53 bits per heavy atom. The van der Waals surface area contributed by atoms with Crippen molar-refractivity contribution in [2.75, 3.05) is 13.7 Å². The van der Waals surface area contributed by atoms with Crippen LogP contribution in [0, 0.1) is 0 Å². The number of nitrogens with zero attached hydrogens (tertiary/aromatic N) is 2. The van der Waals surface area contributed by atoms with Gasteiger partial charge in [0.05, 0.1) is 20.0 Å². The summed E-state index contributed by atoms with van der Waals surface area (Å²) in [6, 6.07) is 1.50. The molecule has 0 saturated carbocycles. The van der Waals surface area contributed by atoms with Crippen LogP contribution in [0.15, 0.2) is 24.2 Å². The van der Waals surface area contributed by atoms with Gasteiger partial charge in [-0.15, -0.1) is 0 Å². The quantitative estimate of drug-likeness (QED) is 0.738. The van der Waals surface area contributed by atoms with Crippen molar-refractivity contribution in [1.82, 2.24) is 9.78 Å². The van der Waals surface area contributed by atoms with E-state index in [4.69, 9.17) is 5.73 Å². The maximum atomic E-state index is 12.2. The van der Waals surface area contributed by atoms with Crippen LogP contribution in [0.4, 0.5) is 4.39 Å². The normalized spacial score (nSPS) is 11.5. The van der Waals surface area contributed by atoms with Gasteiger partial charge in [0.15, 0.2) is 5.69 Å². The van der Waals surface area contributed by atoms with Crippen LogP contribution in [0.1, 0.15) is 10.5 Å². The van der Waals surface area contributed by atoms with Gasteiger partial charge in [0, 0.05) is 12.7 Å². The molecule has 0 unspecified atom stereocenters. The molecule has 0 aromatic carbocycles. The fourth-order valence-electron chi connectivity index (χ4n) is 1.01. The van der Waals surface area contributed by atoms with E-state index in [1.165, 1.54) is 17.9 Å². The molecule has 0 aliphatic heterocycles. The van der Waals surface area contributed by atoms with E-state index in [1.54, 1.807) is 6.20 Å². The lowest BCUT2D eigenvalue weighted by molar-refractivity contribution is 0.0593. The monoisotopic (exact) mass is 213 g/mol. The SMILES string of the molecule is COC(=O)c1ccn(C/C(=C/F)CN)n1. The number of ether oxygens (including phenoxy) is 1. The molecule has 15 heavy (non-hydrogen) atoms. The molecular formula is C9H12FN3O2. The summed E-state index contributed by atoms with van der Waals surface area (Å²) in [6.07, 6.45) is 2.00. The Morgan fingerprint density at radius 1 is 1.80 bits per heavy atom. The third-order valence-corrected chi connectivity index (χ3v) is 1.82. The van der Waals surface area contributed by atoms with E-state index >= 15 is 0 Å². The van der Waals surface area contributed by atoms with Crippen molar-refractivity contribution in [2.45, 2.75) is 6.54 Å². The molecule has 0 spiro atoms. The molecule has 0 radical (unpaired) electrons. The number of aromatic nitrogens is 2. The summed E-state index contributed by atoms with van der Waals surface area (Å²) in [7, 11) is 1.27. The second-order valence-corrected chi connectivity index (χ2v) is 2.86. The highest BCUT2D eigenvalue weighted by molar-refractivity contribution is 5.86. The zero-order valence-corrected chi connectivity index (χ0v) is 8.31. The minimum atomic E-state index is -0.521. The van der Waals surface area contributed by atoms with Crippen molar-refractivity contribution < 1.29 is 13.9 Å². The predicted molar refractivity (Wildman–Crippen MR) is 51.8 cm³/mol. The number of methoxy groups -OCH3 is 1. The second kappa shape index (κ2) is 5.26. The summed E-state index contributed by atoms with van der Waals surface area (Å²) in [5.74, 6) is -0.521. The van der Waals surface area contributed by atoms with Crippen molar-refractivity contribution in [3.05, 3.63) is 29.9 Å². The number of rotatable bonds is 4. The number of halogens is 1. The van der Waals surface area contributed by atoms with Crippen LogP contribution in [0.25, 0.3) is 0 Å². The van der Waals surface area contributed by atoms with Gasteiger partial charge in [0.1, 0.15) is 0 Å². The van der Waals surface area contributed by atoms with Crippen LogP contribution in [0.5, 0.6) is 0 Å². The Hall–Kier alpha value is -1.69. The number of carbonyl (C=O) groups excluding carboxylic acids is 1. The molecular weight excluding hydrogens is 201 g/mol. The first-order valence-corrected chi connectivity index (χ1v) is 4.31. The molecule has 1 aromatic rings. The van der Waals surface area contributed by atoms with E-state index in [0.717, 1.165) is 0 Å². The molecule has 1 aromatic heterocycles. The molecule has 5 nitrogen and oxygen atoms in total. The summed E-state index contributed by atoms with van der Waals surface area (Å²) in [5.41, 5.74) is 5.87. The molecule has 1 rings (SSSR count).